The van der Waals surface area contributed by atoms with Crippen molar-refractivity contribution < 1.29 is 23.6 Å². The number of esters is 1. The molecule has 0 saturated carbocycles. The first-order valence-corrected chi connectivity index (χ1v) is 8.58. The van der Waals surface area contributed by atoms with E-state index in [-0.39, 0.29) is 6.42 Å². The lowest BCUT2D eigenvalue weighted by atomic mass is 10.00. The van der Waals surface area contributed by atoms with Gasteiger partial charge < -0.3 is 13.9 Å². The summed E-state index contributed by atoms with van der Waals surface area (Å²) in [6.45, 7) is 7.54. The van der Waals surface area contributed by atoms with Crippen molar-refractivity contribution in [2.24, 2.45) is 0 Å². The molecule has 0 amide bonds. The second kappa shape index (κ2) is 6.88. The molecule has 25 heavy (non-hydrogen) atoms. The molecule has 1 aromatic carbocycles. The summed E-state index contributed by atoms with van der Waals surface area (Å²) in [5.41, 5.74) is 2.11. The highest BCUT2D eigenvalue weighted by atomic mass is 16.5. The van der Waals surface area contributed by atoms with Crippen molar-refractivity contribution in [1.82, 2.24) is 0 Å². The Bertz CT molecular complexity index is 870. The van der Waals surface area contributed by atoms with Crippen molar-refractivity contribution in [2.45, 2.75) is 46.2 Å². The number of ether oxygens (including phenoxy) is 2. The molecule has 1 aliphatic heterocycles. The molecule has 0 saturated heterocycles. The molecule has 1 aromatic heterocycles. The smallest absolute Gasteiger partial charge is 0.340 e. The topological polar surface area (TPSA) is 70.2 Å². The standard InChI is InChI=1S/C19H23NO5/c1-5-11(2)20-9-15-16(24-10-20)7-6-13-12(3)14(8-17(21)23-4)19(22)25-18(13)15/h6-7,11H,5,8-10H2,1-4H3/p+1/t11-/m0/s1. The van der Waals surface area contributed by atoms with Crippen LogP contribution < -0.4 is 15.3 Å². The van der Waals surface area contributed by atoms with E-state index in [1.54, 1.807) is 0 Å². The lowest BCUT2D eigenvalue weighted by Gasteiger charge is -2.30. The second-order valence-electron chi connectivity index (χ2n) is 6.60. The number of fused-ring (bicyclic) bond motifs is 3. The van der Waals surface area contributed by atoms with Gasteiger partial charge in [0, 0.05) is 5.39 Å². The number of carbonyl (C=O) groups excluding carboxylic acids is 1. The Kier molecular flexibility index (Phi) is 4.81. The van der Waals surface area contributed by atoms with Crippen molar-refractivity contribution in [3.8, 4) is 5.75 Å². The molecule has 2 aromatic rings. The first kappa shape index (κ1) is 17.5. The van der Waals surface area contributed by atoms with E-state index in [9.17, 15) is 9.59 Å². The molecule has 0 bridgehead atoms. The third-order valence-corrected chi connectivity index (χ3v) is 5.19. The van der Waals surface area contributed by atoms with Gasteiger partial charge >= 0.3 is 11.6 Å². The van der Waals surface area contributed by atoms with E-state index in [0.29, 0.717) is 23.9 Å². The predicted molar refractivity (Wildman–Crippen MR) is 92.9 cm³/mol. The van der Waals surface area contributed by atoms with Gasteiger partial charge in [0.25, 0.3) is 0 Å². The molecule has 1 N–H and O–H groups in total. The highest BCUT2D eigenvalue weighted by molar-refractivity contribution is 5.87. The molecule has 0 spiro atoms. The Morgan fingerprint density at radius 1 is 1.40 bits per heavy atom. The normalized spacial score (nSPS) is 17.7. The first-order chi connectivity index (χ1) is 12.0. The van der Waals surface area contributed by atoms with E-state index in [2.05, 4.69) is 18.6 Å². The Morgan fingerprint density at radius 3 is 2.84 bits per heavy atom. The number of hydrogen-bond donors (Lipinski definition) is 1. The zero-order valence-electron chi connectivity index (χ0n) is 15.1. The number of nitrogens with one attached hydrogen (secondary N) is 1. The van der Waals surface area contributed by atoms with Gasteiger partial charge in [-0.2, -0.15) is 0 Å². The summed E-state index contributed by atoms with van der Waals surface area (Å²) in [6.07, 6.45) is 0.962. The van der Waals surface area contributed by atoms with Crippen molar-refractivity contribution >= 4 is 16.9 Å². The lowest BCUT2D eigenvalue weighted by Crippen LogP contribution is -3.15. The van der Waals surface area contributed by atoms with Crippen LogP contribution in [0.3, 0.4) is 0 Å². The molecule has 2 heterocycles. The maximum absolute atomic E-state index is 12.4. The van der Waals surface area contributed by atoms with Crippen molar-refractivity contribution in [2.75, 3.05) is 13.8 Å². The fraction of sp³-hybridized carbons (Fsp3) is 0.474. The number of hydrogen-bond acceptors (Lipinski definition) is 5. The average molecular weight is 346 g/mol. The number of carbonyl (C=O) groups is 1. The van der Waals surface area contributed by atoms with Crippen molar-refractivity contribution in [1.29, 1.82) is 0 Å². The highest BCUT2D eigenvalue weighted by Gasteiger charge is 2.28. The molecule has 0 fully saturated rings. The summed E-state index contributed by atoms with van der Waals surface area (Å²) in [5.74, 6) is 0.311. The maximum atomic E-state index is 12.4. The molecule has 0 aliphatic carbocycles. The van der Waals surface area contributed by atoms with Gasteiger partial charge in [-0.05, 0) is 38.0 Å². The van der Waals surface area contributed by atoms with Crippen LogP contribution in [0.15, 0.2) is 21.3 Å². The van der Waals surface area contributed by atoms with Gasteiger partial charge in [0.2, 0.25) is 6.73 Å². The molecular formula is C19H24NO5+. The van der Waals surface area contributed by atoms with E-state index in [1.165, 1.54) is 12.0 Å². The summed E-state index contributed by atoms with van der Waals surface area (Å²) >= 11 is 0. The van der Waals surface area contributed by atoms with Crippen LogP contribution in [0, 0.1) is 6.92 Å². The van der Waals surface area contributed by atoms with Crippen molar-refractivity contribution in [3.05, 3.63) is 39.2 Å². The van der Waals surface area contributed by atoms with E-state index in [4.69, 9.17) is 9.15 Å². The summed E-state index contributed by atoms with van der Waals surface area (Å²) in [5, 5.41) is 0.839. The molecule has 6 nitrogen and oxygen atoms in total. The minimum Gasteiger partial charge on any atom is -0.469 e. The molecule has 0 radical (unpaired) electrons. The largest absolute Gasteiger partial charge is 0.469 e. The van der Waals surface area contributed by atoms with Crippen LogP contribution in [-0.2, 0) is 22.5 Å². The van der Waals surface area contributed by atoms with Crippen LogP contribution in [0.4, 0.5) is 0 Å². The van der Waals surface area contributed by atoms with E-state index in [1.807, 2.05) is 19.1 Å². The van der Waals surface area contributed by atoms with Gasteiger partial charge in [0.1, 0.15) is 12.3 Å². The Labute approximate surface area is 146 Å². The molecule has 1 unspecified atom stereocenters. The molecule has 2 atom stereocenters. The number of aryl methyl sites for hydroxylation is 1. The summed E-state index contributed by atoms with van der Waals surface area (Å²) in [4.78, 5) is 25.3. The van der Waals surface area contributed by atoms with Crippen LogP contribution in [-0.4, -0.2) is 25.9 Å². The van der Waals surface area contributed by atoms with E-state index in [0.717, 1.165) is 35.2 Å². The molecule has 6 heteroatoms. The number of methoxy groups -OCH3 is 1. The van der Waals surface area contributed by atoms with Crippen LogP contribution in [0.2, 0.25) is 0 Å². The van der Waals surface area contributed by atoms with E-state index < -0.39 is 11.6 Å². The molecule has 3 rings (SSSR count). The van der Waals surface area contributed by atoms with Gasteiger partial charge in [0.15, 0.2) is 5.58 Å². The van der Waals surface area contributed by atoms with Gasteiger partial charge in [-0.3, -0.25) is 9.69 Å². The third kappa shape index (κ3) is 3.14. The summed E-state index contributed by atoms with van der Waals surface area (Å²) in [7, 11) is 1.31. The van der Waals surface area contributed by atoms with E-state index >= 15 is 0 Å². The number of quaternary nitrogens is 1. The fourth-order valence-electron chi connectivity index (χ4n) is 3.27. The van der Waals surface area contributed by atoms with Gasteiger partial charge in [-0.25, -0.2) is 4.79 Å². The first-order valence-electron chi connectivity index (χ1n) is 8.58. The maximum Gasteiger partial charge on any atom is 0.340 e. The van der Waals surface area contributed by atoms with Gasteiger partial charge in [0.05, 0.1) is 30.7 Å². The number of rotatable bonds is 4. The van der Waals surface area contributed by atoms with Gasteiger partial charge in [-0.1, -0.05) is 6.92 Å². The van der Waals surface area contributed by atoms with Crippen molar-refractivity contribution in [3.63, 3.8) is 0 Å². The Hall–Kier alpha value is -2.34. The fourth-order valence-corrected chi connectivity index (χ4v) is 3.27. The second-order valence-corrected chi connectivity index (χ2v) is 6.60. The molecular weight excluding hydrogens is 322 g/mol. The van der Waals surface area contributed by atoms with Crippen LogP contribution in [0.1, 0.15) is 37.0 Å². The molecule has 134 valence electrons. The van der Waals surface area contributed by atoms with Crippen LogP contribution >= 0.6 is 0 Å². The predicted octanol–water partition coefficient (Wildman–Crippen LogP) is 1.35. The Balaban J connectivity index is 2.12. The van der Waals surface area contributed by atoms with Crippen LogP contribution in [0.5, 0.6) is 5.75 Å². The molecule has 1 aliphatic rings. The third-order valence-electron chi connectivity index (χ3n) is 5.19. The highest BCUT2D eigenvalue weighted by Crippen LogP contribution is 2.31. The zero-order valence-corrected chi connectivity index (χ0v) is 15.1. The zero-order chi connectivity index (χ0) is 18.1. The SMILES string of the molecule is CC[C@H](C)[NH+]1COc2ccc3c(C)c(CC(=O)OC)c(=O)oc3c2C1. The monoisotopic (exact) mass is 346 g/mol. The minimum atomic E-state index is -0.487. The van der Waals surface area contributed by atoms with Gasteiger partial charge in [-0.15, -0.1) is 0 Å². The summed E-state index contributed by atoms with van der Waals surface area (Å²) < 4.78 is 16.2. The van der Waals surface area contributed by atoms with Crippen LogP contribution in [0.25, 0.3) is 11.0 Å². The quantitative estimate of drug-likeness (QED) is 0.668. The Morgan fingerprint density at radius 2 is 2.16 bits per heavy atom. The lowest BCUT2D eigenvalue weighted by molar-refractivity contribution is -0.954. The summed E-state index contributed by atoms with van der Waals surface area (Å²) in [6, 6.07) is 4.26. The average Bonchev–Trinajstić information content (AvgIpc) is 2.63. The minimum absolute atomic E-state index is 0.0849. The number of benzene rings is 1.